The number of halogens is 1. The first-order valence-corrected chi connectivity index (χ1v) is 8.04. The highest BCUT2D eigenvalue weighted by atomic mass is 35.7. The molecular formula is C12H13ClO6S. The monoisotopic (exact) mass is 320 g/mol. The molecule has 0 atom stereocenters. The van der Waals surface area contributed by atoms with Gasteiger partial charge in [-0.1, -0.05) is 0 Å². The molecule has 0 unspecified atom stereocenters. The van der Waals surface area contributed by atoms with E-state index in [1.165, 1.54) is 6.07 Å². The average molecular weight is 321 g/mol. The Kier molecular flexibility index (Phi) is 5.52. The van der Waals surface area contributed by atoms with Crippen molar-refractivity contribution >= 4 is 31.7 Å². The van der Waals surface area contributed by atoms with Gasteiger partial charge in [-0.3, -0.25) is 0 Å². The second-order valence-electron chi connectivity index (χ2n) is 3.62. The van der Waals surface area contributed by atoms with Crippen LogP contribution in [0, 0.1) is 0 Å². The molecule has 0 aliphatic carbocycles. The van der Waals surface area contributed by atoms with E-state index < -0.39 is 21.0 Å². The first kappa shape index (κ1) is 16.5. The molecule has 0 fully saturated rings. The lowest BCUT2D eigenvalue weighted by Gasteiger charge is -2.07. The van der Waals surface area contributed by atoms with Crippen LogP contribution in [0.3, 0.4) is 0 Å². The first-order valence-electron chi connectivity index (χ1n) is 5.73. The Labute approximate surface area is 121 Å². The predicted octanol–water partition coefficient (Wildman–Crippen LogP) is 1.97. The van der Waals surface area contributed by atoms with E-state index in [1.807, 2.05) is 0 Å². The number of hydrogen-bond acceptors (Lipinski definition) is 6. The number of hydrogen-bond donors (Lipinski definition) is 0. The van der Waals surface area contributed by atoms with Crippen LogP contribution in [-0.2, 0) is 18.5 Å². The molecule has 1 aromatic carbocycles. The van der Waals surface area contributed by atoms with Gasteiger partial charge in [0.15, 0.2) is 0 Å². The summed E-state index contributed by atoms with van der Waals surface area (Å²) in [6.07, 6.45) is 0. The van der Waals surface area contributed by atoms with Gasteiger partial charge < -0.3 is 9.47 Å². The summed E-state index contributed by atoms with van der Waals surface area (Å²) in [6, 6.07) is 3.29. The molecule has 0 aliphatic rings. The average Bonchev–Trinajstić information content (AvgIpc) is 2.37. The van der Waals surface area contributed by atoms with Crippen LogP contribution in [0.1, 0.15) is 34.6 Å². The molecule has 110 valence electrons. The van der Waals surface area contributed by atoms with Crippen LogP contribution in [0.4, 0.5) is 0 Å². The van der Waals surface area contributed by atoms with Crippen molar-refractivity contribution in [3.63, 3.8) is 0 Å². The van der Waals surface area contributed by atoms with E-state index in [2.05, 4.69) is 0 Å². The van der Waals surface area contributed by atoms with Crippen LogP contribution < -0.4 is 0 Å². The molecule has 0 amide bonds. The van der Waals surface area contributed by atoms with Gasteiger partial charge in [-0.25, -0.2) is 18.0 Å². The summed E-state index contributed by atoms with van der Waals surface area (Å²) in [5.74, 6) is -1.50. The van der Waals surface area contributed by atoms with Crippen molar-refractivity contribution in [2.75, 3.05) is 13.2 Å². The molecule has 0 radical (unpaired) electrons. The van der Waals surface area contributed by atoms with Crippen molar-refractivity contribution < 1.29 is 27.5 Å². The highest BCUT2D eigenvalue weighted by Crippen LogP contribution is 2.20. The quantitative estimate of drug-likeness (QED) is 0.609. The summed E-state index contributed by atoms with van der Waals surface area (Å²) in [5.41, 5.74) is -0.173. The Morgan fingerprint density at radius 3 is 1.70 bits per heavy atom. The maximum absolute atomic E-state index is 11.6. The molecule has 20 heavy (non-hydrogen) atoms. The van der Waals surface area contributed by atoms with Crippen LogP contribution >= 0.6 is 10.7 Å². The van der Waals surface area contributed by atoms with Gasteiger partial charge in [-0.05, 0) is 32.0 Å². The molecule has 6 nitrogen and oxygen atoms in total. The molecule has 0 aliphatic heterocycles. The summed E-state index contributed by atoms with van der Waals surface area (Å²) >= 11 is 0. The third-order valence-corrected chi connectivity index (χ3v) is 3.54. The smallest absolute Gasteiger partial charge is 0.338 e. The number of carbonyl (C=O) groups is 2. The van der Waals surface area contributed by atoms with E-state index in [0.717, 1.165) is 12.1 Å². The molecule has 0 bridgehead atoms. The molecule has 0 heterocycles. The Hall–Kier alpha value is -1.60. The Bertz CT molecular complexity index is 587. The second-order valence-corrected chi connectivity index (χ2v) is 6.19. The van der Waals surface area contributed by atoms with Gasteiger partial charge in [0.2, 0.25) is 0 Å². The summed E-state index contributed by atoms with van der Waals surface area (Å²) in [4.78, 5) is 22.9. The Morgan fingerprint density at radius 1 is 1.00 bits per heavy atom. The maximum atomic E-state index is 11.6. The summed E-state index contributed by atoms with van der Waals surface area (Å²) in [7, 11) is 1.15. The number of benzene rings is 1. The number of carbonyl (C=O) groups excluding carboxylic acids is 2. The highest BCUT2D eigenvalue weighted by molar-refractivity contribution is 8.13. The third kappa shape index (κ3) is 4.21. The minimum Gasteiger partial charge on any atom is -0.462 e. The number of rotatable bonds is 5. The van der Waals surface area contributed by atoms with Crippen LogP contribution in [0.5, 0.6) is 0 Å². The third-order valence-electron chi connectivity index (χ3n) is 2.21. The van der Waals surface area contributed by atoms with Gasteiger partial charge in [0.25, 0.3) is 9.05 Å². The van der Waals surface area contributed by atoms with E-state index in [4.69, 9.17) is 20.2 Å². The fraction of sp³-hybridized carbons (Fsp3) is 0.333. The fourth-order valence-corrected chi connectivity index (χ4v) is 2.21. The van der Waals surface area contributed by atoms with Crippen molar-refractivity contribution in [1.82, 2.24) is 0 Å². The molecule has 0 saturated carbocycles. The van der Waals surface area contributed by atoms with Crippen molar-refractivity contribution in [3.05, 3.63) is 29.3 Å². The Balaban J connectivity index is 3.36. The molecule has 0 N–H and O–H groups in total. The van der Waals surface area contributed by atoms with Crippen LogP contribution in [0.25, 0.3) is 0 Å². The van der Waals surface area contributed by atoms with Gasteiger partial charge in [-0.2, -0.15) is 0 Å². The second kappa shape index (κ2) is 6.71. The van der Waals surface area contributed by atoms with Crippen molar-refractivity contribution in [3.8, 4) is 0 Å². The SMILES string of the molecule is CCOC(=O)c1cc(C(=O)OCC)cc(S(=O)(=O)Cl)c1. The van der Waals surface area contributed by atoms with Crippen molar-refractivity contribution in [1.29, 1.82) is 0 Å². The Morgan fingerprint density at radius 2 is 1.40 bits per heavy atom. The van der Waals surface area contributed by atoms with E-state index in [0.29, 0.717) is 0 Å². The summed E-state index contributed by atoms with van der Waals surface area (Å²) < 4.78 is 32.2. The van der Waals surface area contributed by atoms with E-state index in [-0.39, 0.29) is 29.2 Å². The van der Waals surface area contributed by atoms with E-state index in [9.17, 15) is 18.0 Å². The number of ether oxygens (including phenoxy) is 2. The first-order chi connectivity index (χ1) is 9.29. The normalized spacial score (nSPS) is 10.9. The fourth-order valence-electron chi connectivity index (χ4n) is 1.40. The van der Waals surface area contributed by atoms with Gasteiger partial charge in [-0.15, -0.1) is 0 Å². The van der Waals surface area contributed by atoms with Crippen molar-refractivity contribution in [2.24, 2.45) is 0 Å². The van der Waals surface area contributed by atoms with Crippen LogP contribution in [0.2, 0.25) is 0 Å². The van der Waals surface area contributed by atoms with Crippen molar-refractivity contribution in [2.45, 2.75) is 18.7 Å². The zero-order valence-corrected chi connectivity index (χ0v) is 12.5. The van der Waals surface area contributed by atoms with Gasteiger partial charge in [0.1, 0.15) is 0 Å². The maximum Gasteiger partial charge on any atom is 0.338 e. The highest BCUT2D eigenvalue weighted by Gasteiger charge is 2.19. The van der Waals surface area contributed by atoms with Gasteiger partial charge in [0, 0.05) is 10.7 Å². The topological polar surface area (TPSA) is 86.7 Å². The summed E-state index contributed by atoms with van der Waals surface area (Å²) in [5, 5.41) is 0. The zero-order chi connectivity index (χ0) is 15.3. The van der Waals surface area contributed by atoms with E-state index in [1.54, 1.807) is 13.8 Å². The van der Waals surface area contributed by atoms with Gasteiger partial charge in [0.05, 0.1) is 29.2 Å². The lowest BCUT2D eigenvalue weighted by Crippen LogP contribution is -2.11. The number of esters is 2. The van der Waals surface area contributed by atoms with Crippen LogP contribution in [0.15, 0.2) is 23.1 Å². The molecule has 0 aromatic heterocycles. The van der Waals surface area contributed by atoms with Gasteiger partial charge >= 0.3 is 11.9 Å². The minimum atomic E-state index is -4.09. The molecule has 0 spiro atoms. The largest absolute Gasteiger partial charge is 0.462 e. The minimum absolute atomic E-state index is 0.0865. The molecule has 1 rings (SSSR count). The molecule has 0 saturated heterocycles. The standard InChI is InChI=1S/C12H13ClO6S/c1-3-18-11(14)8-5-9(12(15)19-4-2)7-10(6-8)20(13,16)17/h5-7H,3-4H2,1-2H3. The van der Waals surface area contributed by atoms with Crippen LogP contribution in [-0.4, -0.2) is 33.6 Å². The lowest BCUT2D eigenvalue weighted by molar-refractivity contribution is 0.0524. The lowest BCUT2D eigenvalue weighted by atomic mass is 10.1. The summed E-state index contributed by atoms with van der Waals surface area (Å²) in [6.45, 7) is 3.44. The predicted molar refractivity (Wildman–Crippen MR) is 71.4 cm³/mol. The molecule has 8 heteroatoms. The van der Waals surface area contributed by atoms with E-state index >= 15 is 0 Å². The molecule has 1 aromatic rings. The molecular weight excluding hydrogens is 308 g/mol. The zero-order valence-electron chi connectivity index (χ0n) is 10.9.